The van der Waals surface area contributed by atoms with Crippen molar-refractivity contribution in [1.29, 1.82) is 0 Å². The molecular formula is C16H24B3N7O3S. The monoisotopic (exact) mass is 427 g/mol. The lowest BCUT2D eigenvalue weighted by molar-refractivity contribution is 0.278. The summed E-state index contributed by atoms with van der Waals surface area (Å²) < 4.78 is 37.0. The second-order valence-corrected chi connectivity index (χ2v) is 10.6. The summed E-state index contributed by atoms with van der Waals surface area (Å²) in [5, 5.41) is 12.3. The van der Waals surface area contributed by atoms with Gasteiger partial charge < -0.3 is 4.74 Å². The Balaban J connectivity index is 1.54. The Kier molecular flexibility index (Phi) is 5.17. The summed E-state index contributed by atoms with van der Waals surface area (Å²) in [6.45, 7) is 2.83. The summed E-state index contributed by atoms with van der Waals surface area (Å²) >= 11 is 0. The van der Waals surface area contributed by atoms with E-state index in [1.807, 2.05) is 36.5 Å². The van der Waals surface area contributed by atoms with Crippen molar-refractivity contribution >= 4 is 39.2 Å². The van der Waals surface area contributed by atoms with Crippen LogP contribution in [0.25, 0.3) is 5.65 Å². The number of piperidine rings is 1. The van der Waals surface area contributed by atoms with Crippen LogP contribution in [0.5, 0.6) is 5.88 Å². The van der Waals surface area contributed by atoms with Gasteiger partial charge in [0.25, 0.3) is 0 Å². The van der Waals surface area contributed by atoms with E-state index >= 15 is 0 Å². The third-order valence-electron chi connectivity index (χ3n) is 5.22. The van der Waals surface area contributed by atoms with E-state index in [1.165, 1.54) is 26.1 Å². The Labute approximate surface area is 178 Å². The molecule has 0 saturated carbocycles. The van der Waals surface area contributed by atoms with Gasteiger partial charge in [0.05, 0.1) is 11.9 Å². The molecule has 0 amide bonds. The summed E-state index contributed by atoms with van der Waals surface area (Å²) in [7, 11) is 3.61. The first-order valence-corrected chi connectivity index (χ1v) is 11.4. The van der Waals surface area contributed by atoms with Crippen LogP contribution in [0.2, 0.25) is 0 Å². The number of hydrogen-bond donors (Lipinski definition) is 0. The first-order valence-electron chi connectivity index (χ1n) is 9.95. The zero-order chi connectivity index (χ0) is 21.7. The molecule has 156 valence electrons. The van der Waals surface area contributed by atoms with Crippen molar-refractivity contribution in [3.05, 3.63) is 29.8 Å². The van der Waals surface area contributed by atoms with E-state index in [0.29, 0.717) is 31.6 Å². The summed E-state index contributed by atoms with van der Waals surface area (Å²) in [6, 6.07) is 1.96. The third kappa shape index (κ3) is 3.85. The van der Waals surface area contributed by atoms with Crippen LogP contribution >= 0.6 is 0 Å². The number of sulfonamides is 1. The molecule has 10 nitrogen and oxygen atoms in total. The van der Waals surface area contributed by atoms with E-state index < -0.39 is 15.3 Å². The standard InChI is InChI=1S/C16H24B3N7O3S/c1-10-7-13-20-9-22-26(13)23-14(10)11-3-5-25(6-4-11)30(27,28)12-8-21-24(2)15(12)29-16(17,18)19/h7-9,11H,3-6,17-19H2,1-2H3. The van der Waals surface area contributed by atoms with Crippen LogP contribution in [0.3, 0.4) is 0 Å². The Hall–Kier alpha value is -2.34. The minimum atomic E-state index is -3.71. The van der Waals surface area contributed by atoms with Crippen LogP contribution in [0, 0.1) is 6.92 Å². The molecule has 1 fully saturated rings. The molecule has 3 aromatic rings. The molecule has 4 rings (SSSR count). The normalized spacial score (nSPS) is 16.9. The summed E-state index contributed by atoms with van der Waals surface area (Å²) in [6.07, 6.45) is 4.21. The number of aromatic nitrogens is 6. The molecule has 0 N–H and O–H groups in total. The predicted molar refractivity (Wildman–Crippen MR) is 118 cm³/mol. The van der Waals surface area contributed by atoms with Gasteiger partial charge in [-0.15, -0.1) is 9.73 Å². The number of hydrogen-bond acceptors (Lipinski definition) is 7. The zero-order valence-corrected chi connectivity index (χ0v) is 18.7. The maximum Gasteiger partial charge on any atom is 0.250 e. The number of nitrogens with zero attached hydrogens (tertiary/aromatic N) is 7. The lowest BCUT2D eigenvalue weighted by Crippen LogP contribution is -2.40. The molecule has 0 aliphatic carbocycles. The van der Waals surface area contributed by atoms with E-state index in [9.17, 15) is 8.42 Å². The van der Waals surface area contributed by atoms with Crippen LogP contribution in [-0.2, 0) is 17.1 Å². The fourth-order valence-electron chi connectivity index (χ4n) is 3.77. The highest BCUT2D eigenvalue weighted by atomic mass is 32.2. The molecule has 0 spiro atoms. The Morgan fingerprint density at radius 1 is 1.20 bits per heavy atom. The van der Waals surface area contributed by atoms with Crippen molar-refractivity contribution in [2.45, 2.75) is 35.9 Å². The average molecular weight is 427 g/mol. The summed E-state index contributed by atoms with van der Waals surface area (Å²) in [5.41, 5.74) is 2.70. The number of ether oxygens (including phenoxy) is 1. The van der Waals surface area contributed by atoms with E-state index in [0.717, 1.165) is 11.3 Å². The highest BCUT2D eigenvalue weighted by molar-refractivity contribution is 7.89. The van der Waals surface area contributed by atoms with E-state index in [-0.39, 0.29) is 16.7 Å². The van der Waals surface area contributed by atoms with Crippen LogP contribution < -0.4 is 4.74 Å². The minimum absolute atomic E-state index is 0.108. The topological polar surface area (TPSA) is 108 Å². The van der Waals surface area contributed by atoms with Gasteiger partial charge in [0.15, 0.2) is 10.5 Å². The molecule has 30 heavy (non-hydrogen) atoms. The third-order valence-corrected chi connectivity index (χ3v) is 7.10. The van der Waals surface area contributed by atoms with Gasteiger partial charge in [-0.2, -0.15) is 14.5 Å². The van der Waals surface area contributed by atoms with E-state index in [2.05, 4.69) is 20.3 Å². The molecule has 1 saturated heterocycles. The van der Waals surface area contributed by atoms with Gasteiger partial charge in [-0.1, -0.05) is 0 Å². The van der Waals surface area contributed by atoms with Gasteiger partial charge in [0.2, 0.25) is 15.9 Å². The minimum Gasteiger partial charge on any atom is -0.498 e. The molecule has 0 aromatic carbocycles. The fraction of sp³-hybridized carbons (Fsp3) is 0.500. The largest absolute Gasteiger partial charge is 0.498 e. The molecule has 0 unspecified atom stereocenters. The van der Waals surface area contributed by atoms with Crippen LogP contribution in [0.4, 0.5) is 0 Å². The zero-order valence-electron chi connectivity index (χ0n) is 17.9. The summed E-state index contributed by atoms with van der Waals surface area (Å²) in [4.78, 5) is 4.27. The van der Waals surface area contributed by atoms with Gasteiger partial charge in [-0.05, 0) is 31.4 Å². The van der Waals surface area contributed by atoms with Gasteiger partial charge in [0.1, 0.15) is 29.9 Å². The quantitative estimate of drug-likeness (QED) is 0.419. The second kappa shape index (κ2) is 7.42. The molecule has 1 aliphatic rings. The molecule has 0 radical (unpaired) electrons. The summed E-state index contributed by atoms with van der Waals surface area (Å²) in [5.74, 6) is 0.433. The second-order valence-electron chi connectivity index (χ2n) is 8.65. The first-order chi connectivity index (χ1) is 14.1. The van der Waals surface area contributed by atoms with Gasteiger partial charge in [-0.25, -0.2) is 18.1 Å². The first kappa shape index (κ1) is 20.9. The molecule has 0 bridgehead atoms. The Bertz CT molecular complexity index is 1180. The van der Waals surface area contributed by atoms with Crippen LogP contribution in [0.1, 0.15) is 30.0 Å². The van der Waals surface area contributed by atoms with Gasteiger partial charge >= 0.3 is 0 Å². The van der Waals surface area contributed by atoms with E-state index in [1.54, 1.807) is 7.05 Å². The molecule has 3 aromatic heterocycles. The van der Waals surface area contributed by atoms with Crippen molar-refractivity contribution in [3.8, 4) is 5.88 Å². The van der Waals surface area contributed by atoms with Crippen LogP contribution in [-0.4, -0.2) is 84.2 Å². The van der Waals surface area contributed by atoms with Gasteiger partial charge in [0, 0.05) is 31.4 Å². The predicted octanol–water partition coefficient (Wildman–Crippen LogP) is -2.38. The average Bonchev–Trinajstić information content (AvgIpc) is 3.26. The molecule has 14 heteroatoms. The van der Waals surface area contributed by atoms with Gasteiger partial charge in [-0.3, -0.25) is 0 Å². The smallest absolute Gasteiger partial charge is 0.250 e. The Morgan fingerprint density at radius 2 is 1.90 bits per heavy atom. The number of fused-ring (bicyclic) bond motifs is 1. The van der Waals surface area contributed by atoms with Crippen molar-refractivity contribution < 1.29 is 13.2 Å². The number of aryl methyl sites for hydroxylation is 2. The molecule has 1 aliphatic heterocycles. The molecular weight excluding hydrogens is 403 g/mol. The number of rotatable bonds is 5. The highest BCUT2D eigenvalue weighted by Gasteiger charge is 2.35. The Morgan fingerprint density at radius 3 is 2.57 bits per heavy atom. The fourth-order valence-corrected chi connectivity index (χ4v) is 5.31. The lowest BCUT2D eigenvalue weighted by Gasteiger charge is -2.31. The highest BCUT2D eigenvalue weighted by Crippen LogP contribution is 2.34. The van der Waals surface area contributed by atoms with Crippen LogP contribution in [0.15, 0.2) is 23.5 Å². The van der Waals surface area contributed by atoms with E-state index in [4.69, 9.17) is 4.74 Å². The van der Waals surface area contributed by atoms with Crippen molar-refractivity contribution in [2.75, 3.05) is 13.1 Å². The maximum absolute atomic E-state index is 13.3. The molecule has 0 atom stereocenters. The van der Waals surface area contributed by atoms with Crippen molar-refractivity contribution in [2.24, 2.45) is 7.05 Å². The maximum atomic E-state index is 13.3. The van der Waals surface area contributed by atoms with Crippen molar-refractivity contribution in [1.82, 2.24) is 33.9 Å². The van der Waals surface area contributed by atoms with Crippen molar-refractivity contribution in [3.63, 3.8) is 0 Å². The lowest BCUT2D eigenvalue weighted by atomic mass is 9.52. The molecule has 4 heterocycles. The SMILES string of the molecule is BC(B)(B)Oc1c(S(=O)(=O)N2CCC(c3nn4ncnc4cc3C)CC2)cnn1C.